The molecule has 108 valence electrons. The number of carboxylic acid groups (broad SMARTS) is 1. The molecule has 0 aliphatic rings. The molecule has 0 radical (unpaired) electrons. The van der Waals surface area contributed by atoms with Crippen LogP contribution in [-0.2, 0) is 0 Å². The summed E-state index contributed by atoms with van der Waals surface area (Å²) in [6.45, 7) is 1.84. The number of halogens is 1. The fourth-order valence-corrected chi connectivity index (χ4v) is 3.51. The third kappa shape index (κ3) is 2.26. The minimum absolute atomic E-state index is 0.0975. The van der Waals surface area contributed by atoms with Crippen molar-refractivity contribution in [1.29, 1.82) is 0 Å². The van der Waals surface area contributed by atoms with Crippen LogP contribution in [0.1, 0.15) is 28.2 Å². The molecule has 2 aromatic heterocycles. The van der Waals surface area contributed by atoms with Crippen LogP contribution in [0, 0.1) is 0 Å². The highest BCUT2D eigenvalue weighted by Gasteiger charge is 2.20. The number of imidazole rings is 1. The summed E-state index contributed by atoms with van der Waals surface area (Å²) >= 11 is 7.30. The van der Waals surface area contributed by atoms with Gasteiger partial charge in [-0.2, -0.15) is 0 Å². The average Bonchev–Trinajstić information content (AvgIpc) is 3.00. The number of thiophene rings is 1. The molecule has 3 rings (SSSR count). The van der Waals surface area contributed by atoms with Crippen molar-refractivity contribution in [1.82, 2.24) is 9.55 Å². The van der Waals surface area contributed by atoms with Crippen molar-refractivity contribution in [3.8, 4) is 0 Å². The Labute approximate surface area is 128 Å². The molecule has 21 heavy (non-hydrogen) atoms. The fraction of sp³-hybridized carbons (Fsp3) is 0.143. The number of benzene rings is 1. The van der Waals surface area contributed by atoms with Crippen molar-refractivity contribution in [2.24, 2.45) is 0 Å². The molecule has 1 atom stereocenters. The van der Waals surface area contributed by atoms with Crippen LogP contribution in [-0.4, -0.2) is 20.6 Å². The smallest absolute Gasteiger partial charge is 0.337 e. The first-order valence-corrected chi connectivity index (χ1v) is 7.40. The van der Waals surface area contributed by atoms with E-state index >= 15 is 0 Å². The molecule has 3 aromatic rings. The van der Waals surface area contributed by atoms with E-state index in [0.717, 1.165) is 4.88 Å². The van der Waals surface area contributed by atoms with Crippen molar-refractivity contribution in [3.05, 3.63) is 55.6 Å². The summed E-state index contributed by atoms with van der Waals surface area (Å²) in [6.07, 6.45) is 0. The van der Waals surface area contributed by atoms with E-state index < -0.39 is 5.97 Å². The maximum absolute atomic E-state index is 12.2. The Balaban J connectivity index is 2.29. The zero-order valence-corrected chi connectivity index (χ0v) is 12.5. The molecule has 0 aliphatic carbocycles. The first-order chi connectivity index (χ1) is 9.99. The van der Waals surface area contributed by atoms with Crippen molar-refractivity contribution < 1.29 is 9.90 Å². The van der Waals surface area contributed by atoms with Gasteiger partial charge in [0, 0.05) is 4.88 Å². The predicted molar refractivity (Wildman–Crippen MR) is 82.7 cm³/mol. The van der Waals surface area contributed by atoms with E-state index in [0.29, 0.717) is 15.4 Å². The number of aromatic amines is 1. The SMILES string of the molecule is CC(c1ccc(Cl)s1)n1c(=O)[nH]c2cccc(C(=O)O)c21. The van der Waals surface area contributed by atoms with Crippen molar-refractivity contribution in [3.63, 3.8) is 0 Å². The van der Waals surface area contributed by atoms with E-state index in [9.17, 15) is 14.7 Å². The van der Waals surface area contributed by atoms with Gasteiger partial charge in [0.25, 0.3) is 0 Å². The number of H-pyrrole nitrogens is 1. The van der Waals surface area contributed by atoms with Crippen LogP contribution in [0.25, 0.3) is 11.0 Å². The molecule has 0 amide bonds. The lowest BCUT2D eigenvalue weighted by molar-refractivity contribution is 0.0698. The number of nitrogens with one attached hydrogen (secondary N) is 1. The van der Waals surface area contributed by atoms with Gasteiger partial charge >= 0.3 is 11.7 Å². The minimum atomic E-state index is -1.07. The van der Waals surface area contributed by atoms with Gasteiger partial charge in [-0.1, -0.05) is 17.7 Å². The van der Waals surface area contributed by atoms with E-state index in [4.69, 9.17) is 11.6 Å². The molecular formula is C14H11ClN2O3S. The van der Waals surface area contributed by atoms with E-state index in [1.807, 2.05) is 13.0 Å². The molecule has 1 unspecified atom stereocenters. The maximum atomic E-state index is 12.2. The van der Waals surface area contributed by atoms with Crippen LogP contribution in [0.15, 0.2) is 35.1 Å². The first kappa shape index (κ1) is 13.9. The highest BCUT2D eigenvalue weighted by atomic mass is 35.5. The summed E-state index contributed by atoms with van der Waals surface area (Å²) in [5.74, 6) is -1.07. The quantitative estimate of drug-likeness (QED) is 0.776. The fourth-order valence-electron chi connectivity index (χ4n) is 2.40. The number of hydrogen-bond acceptors (Lipinski definition) is 3. The van der Waals surface area contributed by atoms with Gasteiger partial charge in [-0.25, -0.2) is 9.59 Å². The van der Waals surface area contributed by atoms with Gasteiger partial charge in [-0.3, -0.25) is 4.57 Å². The topological polar surface area (TPSA) is 75.1 Å². The summed E-state index contributed by atoms with van der Waals surface area (Å²) in [7, 11) is 0. The Hall–Kier alpha value is -2.05. The zero-order valence-electron chi connectivity index (χ0n) is 11.0. The number of rotatable bonds is 3. The van der Waals surface area contributed by atoms with Crippen molar-refractivity contribution in [2.45, 2.75) is 13.0 Å². The molecule has 1 aromatic carbocycles. The predicted octanol–water partition coefficient (Wildman–Crippen LogP) is 3.35. The van der Waals surface area contributed by atoms with Crippen molar-refractivity contribution >= 4 is 39.9 Å². The Morgan fingerprint density at radius 2 is 2.14 bits per heavy atom. The number of aromatic carboxylic acids is 1. The second-order valence-electron chi connectivity index (χ2n) is 4.62. The number of nitrogens with zero attached hydrogens (tertiary/aromatic N) is 1. The van der Waals surface area contributed by atoms with Crippen LogP contribution in [0.4, 0.5) is 0 Å². The molecule has 5 nitrogen and oxygen atoms in total. The van der Waals surface area contributed by atoms with Crippen LogP contribution < -0.4 is 5.69 Å². The van der Waals surface area contributed by atoms with Gasteiger partial charge in [-0.15, -0.1) is 11.3 Å². The van der Waals surface area contributed by atoms with E-state index in [1.165, 1.54) is 22.0 Å². The third-order valence-electron chi connectivity index (χ3n) is 3.36. The summed E-state index contributed by atoms with van der Waals surface area (Å²) in [4.78, 5) is 27.2. The van der Waals surface area contributed by atoms with Crippen LogP contribution in [0.2, 0.25) is 4.34 Å². The first-order valence-electron chi connectivity index (χ1n) is 6.21. The number of para-hydroxylation sites is 1. The molecule has 0 saturated heterocycles. The van der Waals surface area contributed by atoms with Crippen LogP contribution in [0.3, 0.4) is 0 Å². The summed E-state index contributed by atoms with van der Waals surface area (Å²) in [6, 6.07) is 8.08. The average molecular weight is 323 g/mol. The summed E-state index contributed by atoms with van der Waals surface area (Å²) in [5.41, 5.74) is 0.664. The Morgan fingerprint density at radius 3 is 2.76 bits per heavy atom. The number of aromatic nitrogens is 2. The molecule has 0 saturated carbocycles. The molecule has 0 spiro atoms. The lowest BCUT2D eigenvalue weighted by atomic mass is 10.1. The van der Waals surface area contributed by atoms with Gasteiger partial charge in [0.1, 0.15) is 0 Å². The third-order valence-corrected chi connectivity index (χ3v) is 4.76. The Kier molecular flexibility index (Phi) is 3.35. The Bertz CT molecular complexity index is 893. The number of carbonyl (C=O) groups is 1. The van der Waals surface area contributed by atoms with Crippen molar-refractivity contribution in [2.75, 3.05) is 0 Å². The van der Waals surface area contributed by atoms with Gasteiger partial charge in [-0.05, 0) is 31.2 Å². The second kappa shape index (κ2) is 5.05. The van der Waals surface area contributed by atoms with E-state index in [1.54, 1.807) is 18.2 Å². The van der Waals surface area contributed by atoms with E-state index in [-0.39, 0.29) is 17.3 Å². The lowest BCUT2D eigenvalue weighted by Gasteiger charge is -2.12. The summed E-state index contributed by atoms with van der Waals surface area (Å²) < 4.78 is 2.09. The molecule has 0 aliphatic heterocycles. The second-order valence-corrected chi connectivity index (χ2v) is 6.37. The monoisotopic (exact) mass is 322 g/mol. The normalized spacial score (nSPS) is 12.7. The molecule has 7 heteroatoms. The number of fused-ring (bicyclic) bond motifs is 1. The van der Waals surface area contributed by atoms with Gasteiger partial charge < -0.3 is 10.1 Å². The standard InChI is InChI=1S/C14H11ClN2O3S/c1-7(10-5-6-11(15)21-10)17-12-8(13(18)19)3-2-4-9(12)16-14(17)20/h2-7H,1H3,(H,16,20)(H,18,19). The zero-order chi connectivity index (χ0) is 15.1. The van der Waals surface area contributed by atoms with Crippen LogP contribution >= 0.6 is 22.9 Å². The van der Waals surface area contributed by atoms with E-state index in [2.05, 4.69) is 4.98 Å². The molecular weight excluding hydrogens is 312 g/mol. The van der Waals surface area contributed by atoms with Gasteiger partial charge in [0.05, 0.1) is 27.0 Å². The molecule has 0 fully saturated rings. The Morgan fingerprint density at radius 1 is 1.38 bits per heavy atom. The minimum Gasteiger partial charge on any atom is -0.478 e. The molecule has 2 N–H and O–H groups in total. The van der Waals surface area contributed by atoms with Crippen LogP contribution in [0.5, 0.6) is 0 Å². The van der Waals surface area contributed by atoms with Gasteiger partial charge in [0.2, 0.25) is 0 Å². The molecule has 2 heterocycles. The van der Waals surface area contributed by atoms with Gasteiger partial charge in [0.15, 0.2) is 0 Å². The highest BCUT2D eigenvalue weighted by molar-refractivity contribution is 7.16. The lowest BCUT2D eigenvalue weighted by Crippen LogP contribution is -2.21. The highest BCUT2D eigenvalue weighted by Crippen LogP contribution is 2.30. The summed E-state index contributed by atoms with van der Waals surface area (Å²) in [5, 5.41) is 9.33. The molecule has 0 bridgehead atoms. The maximum Gasteiger partial charge on any atom is 0.337 e. The largest absolute Gasteiger partial charge is 0.478 e. The number of carboxylic acids is 1. The number of hydrogen-bond donors (Lipinski definition) is 2.